The summed E-state index contributed by atoms with van der Waals surface area (Å²) in [4.78, 5) is 20.4. The minimum Gasteiger partial charge on any atom is -0.303 e. The number of aromatic nitrogens is 3. The average Bonchev–Trinajstić information content (AvgIpc) is 2.33. The molecule has 0 aliphatic carbocycles. The van der Waals surface area contributed by atoms with Crippen LogP contribution in [0.2, 0.25) is 5.15 Å². The van der Waals surface area contributed by atoms with E-state index >= 15 is 0 Å². The molecule has 0 unspecified atom stereocenters. The Bertz CT molecular complexity index is 654. The summed E-state index contributed by atoms with van der Waals surface area (Å²) in [6, 6.07) is 1.87. The molecule has 0 atom stereocenters. The van der Waals surface area contributed by atoms with Crippen LogP contribution in [0.5, 0.6) is 0 Å². The number of rotatable bonds is 3. The van der Waals surface area contributed by atoms with Gasteiger partial charge in [-0.15, -0.1) is 0 Å². The van der Waals surface area contributed by atoms with Gasteiger partial charge in [-0.05, 0) is 35.3 Å². The average molecular weight is 331 g/mol. The zero-order valence-corrected chi connectivity index (χ0v) is 12.5. The van der Waals surface area contributed by atoms with E-state index in [9.17, 15) is 4.79 Å². The molecule has 2 aromatic heterocycles. The molecular formula is C12H13BrClN3O. The van der Waals surface area contributed by atoms with Gasteiger partial charge in [-0.1, -0.05) is 24.9 Å². The maximum Gasteiger partial charge on any atom is 0.288 e. The highest BCUT2D eigenvalue weighted by Gasteiger charge is 2.11. The van der Waals surface area contributed by atoms with Crippen LogP contribution >= 0.6 is 27.5 Å². The third kappa shape index (κ3) is 2.42. The summed E-state index contributed by atoms with van der Waals surface area (Å²) in [7, 11) is 0. The van der Waals surface area contributed by atoms with E-state index in [0.29, 0.717) is 12.2 Å². The second kappa shape index (κ2) is 5.36. The van der Waals surface area contributed by atoms with E-state index in [2.05, 4.69) is 32.8 Å². The van der Waals surface area contributed by atoms with Crippen molar-refractivity contribution < 1.29 is 0 Å². The van der Waals surface area contributed by atoms with E-state index in [-0.39, 0.29) is 10.7 Å². The van der Waals surface area contributed by atoms with Gasteiger partial charge in [0.05, 0.1) is 11.2 Å². The molecule has 0 amide bonds. The molecule has 6 heteroatoms. The largest absolute Gasteiger partial charge is 0.303 e. The minimum atomic E-state index is -0.254. The van der Waals surface area contributed by atoms with E-state index in [0.717, 1.165) is 28.5 Å². The highest BCUT2D eigenvalue weighted by atomic mass is 79.9. The van der Waals surface area contributed by atoms with Gasteiger partial charge in [0.15, 0.2) is 10.8 Å². The van der Waals surface area contributed by atoms with Crippen LogP contribution in [-0.2, 0) is 6.54 Å². The predicted molar refractivity (Wildman–Crippen MR) is 76.2 cm³/mol. The summed E-state index contributed by atoms with van der Waals surface area (Å²) in [6.45, 7) is 4.58. The van der Waals surface area contributed by atoms with Crippen molar-refractivity contribution in [2.24, 2.45) is 0 Å². The SMILES string of the molecule is CCCCn1c(=O)c(Cl)nc2nc(C)c(Br)cc21. The zero-order chi connectivity index (χ0) is 13.3. The molecule has 2 heterocycles. The fourth-order valence-electron chi connectivity index (χ4n) is 1.74. The molecule has 0 N–H and O–H groups in total. The molecule has 0 aromatic carbocycles. The molecule has 0 aliphatic rings. The maximum absolute atomic E-state index is 12.0. The third-order valence-electron chi connectivity index (χ3n) is 2.76. The number of aryl methyl sites for hydroxylation is 2. The van der Waals surface area contributed by atoms with Gasteiger partial charge in [0.25, 0.3) is 5.56 Å². The number of nitrogens with zero attached hydrogens (tertiary/aromatic N) is 3. The van der Waals surface area contributed by atoms with Gasteiger partial charge in [0, 0.05) is 11.0 Å². The normalized spacial score (nSPS) is 11.1. The lowest BCUT2D eigenvalue weighted by atomic mass is 10.3. The molecule has 0 spiro atoms. The van der Waals surface area contributed by atoms with Gasteiger partial charge in [0.1, 0.15) is 0 Å². The number of hydrogen-bond acceptors (Lipinski definition) is 3. The molecule has 0 saturated heterocycles. The second-order valence-corrected chi connectivity index (χ2v) is 5.32. The Morgan fingerprint density at radius 1 is 1.44 bits per heavy atom. The lowest BCUT2D eigenvalue weighted by molar-refractivity contribution is 0.628. The zero-order valence-electron chi connectivity index (χ0n) is 10.2. The molecule has 0 aliphatic heterocycles. The third-order valence-corrected chi connectivity index (χ3v) is 3.81. The number of pyridine rings is 1. The molecule has 0 bridgehead atoms. The predicted octanol–water partition coefficient (Wildman–Crippen LogP) is 3.32. The van der Waals surface area contributed by atoms with Crippen molar-refractivity contribution >= 4 is 38.7 Å². The molecule has 96 valence electrons. The number of unbranched alkanes of at least 4 members (excludes halogenated alkanes) is 1. The van der Waals surface area contributed by atoms with Crippen LogP contribution in [0.3, 0.4) is 0 Å². The molecule has 2 aromatic rings. The van der Waals surface area contributed by atoms with Crippen LogP contribution < -0.4 is 5.56 Å². The smallest absolute Gasteiger partial charge is 0.288 e. The van der Waals surface area contributed by atoms with Crippen LogP contribution in [0.15, 0.2) is 15.3 Å². The highest BCUT2D eigenvalue weighted by Crippen LogP contribution is 2.20. The van der Waals surface area contributed by atoms with E-state index < -0.39 is 0 Å². The standard InChI is InChI=1S/C12H13BrClN3O/c1-3-4-5-17-9-6-8(13)7(2)15-11(9)16-10(14)12(17)18/h6H,3-5H2,1-2H3. The summed E-state index contributed by atoms with van der Waals surface area (Å²) < 4.78 is 2.51. The van der Waals surface area contributed by atoms with Crippen LogP contribution in [0.1, 0.15) is 25.5 Å². The fourth-order valence-corrected chi connectivity index (χ4v) is 2.23. The molecule has 4 nitrogen and oxygen atoms in total. The van der Waals surface area contributed by atoms with Crippen molar-refractivity contribution in [2.75, 3.05) is 0 Å². The minimum absolute atomic E-state index is 0.0205. The van der Waals surface area contributed by atoms with Crippen molar-refractivity contribution in [1.82, 2.24) is 14.5 Å². The van der Waals surface area contributed by atoms with Crippen molar-refractivity contribution in [3.8, 4) is 0 Å². The van der Waals surface area contributed by atoms with Crippen LogP contribution in [0, 0.1) is 6.92 Å². The lowest BCUT2D eigenvalue weighted by Crippen LogP contribution is -2.22. The summed E-state index contributed by atoms with van der Waals surface area (Å²) in [6.07, 6.45) is 1.93. The van der Waals surface area contributed by atoms with Crippen LogP contribution in [0.25, 0.3) is 11.2 Å². The molecule has 0 saturated carbocycles. The Kier molecular flexibility index (Phi) is 4.02. The summed E-state index contributed by atoms with van der Waals surface area (Å²) in [5.74, 6) is 0. The van der Waals surface area contributed by atoms with Gasteiger partial charge in [0.2, 0.25) is 0 Å². The Labute approximate surface area is 118 Å². The number of hydrogen-bond donors (Lipinski definition) is 0. The summed E-state index contributed by atoms with van der Waals surface area (Å²) >= 11 is 9.29. The Balaban J connectivity index is 2.75. The fraction of sp³-hybridized carbons (Fsp3) is 0.417. The first-order valence-electron chi connectivity index (χ1n) is 5.77. The van der Waals surface area contributed by atoms with Crippen molar-refractivity contribution in [3.63, 3.8) is 0 Å². The van der Waals surface area contributed by atoms with E-state index in [1.807, 2.05) is 13.0 Å². The first kappa shape index (κ1) is 13.5. The van der Waals surface area contributed by atoms with Gasteiger partial charge in [-0.2, -0.15) is 0 Å². The molecule has 0 radical (unpaired) electrons. The topological polar surface area (TPSA) is 47.8 Å². The van der Waals surface area contributed by atoms with E-state index in [1.54, 1.807) is 4.57 Å². The van der Waals surface area contributed by atoms with Crippen LogP contribution in [-0.4, -0.2) is 14.5 Å². The van der Waals surface area contributed by atoms with Gasteiger partial charge in [-0.25, -0.2) is 9.97 Å². The highest BCUT2D eigenvalue weighted by molar-refractivity contribution is 9.10. The first-order chi connectivity index (χ1) is 8.54. The number of fused-ring (bicyclic) bond motifs is 1. The first-order valence-corrected chi connectivity index (χ1v) is 6.95. The summed E-state index contributed by atoms with van der Waals surface area (Å²) in [5.41, 5.74) is 1.80. The second-order valence-electron chi connectivity index (χ2n) is 4.11. The van der Waals surface area contributed by atoms with Crippen molar-refractivity contribution in [2.45, 2.75) is 33.2 Å². The summed E-state index contributed by atoms with van der Waals surface area (Å²) in [5, 5.41) is -0.0205. The molecule has 2 rings (SSSR count). The quantitative estimate of drug-likeness (QED) is 0.867. The Morgan fingerprint density at radius 2 is 2.17 bits per heavy atom. The van der Waals surface area contributed by atoms with Crippen molar-refractivity contribution in [1.29, 1.82) is 0 Å². The number of halogens is 2. The maximum atomic E-state index is 12.0. The lowest BCUT2D eigenvalue weighted by Gasteiger charge is -2.10. The monoisotopic (exact) mass is 329 g/mol. The Morgan fingerprint density at radius 3 is 2.83 bits per heavy atom. The van der Waals surface area contributed by atoms with Gasteiger partial charge < -0.3 is 4.57 Å². The van der Waals surface area contributed by atoms with Gasteiger partial charge >= 0.3 is 0 Å². The van der Waals surface area contributed by atoms with E-state index in [4.69, 9.17) is 11.6 Å². The van der Waals surface area contributed by atoms with Gasteiger partial charge in [-0.3, -0.25) is 4.79 Å². The molecule has 18 heavy (non-hydrogen) atoms. The Hall–Kier alpha value is -0.940. The van der Waals surface area contributed by atoms with E-state index in [1.165, 1.54) is 0 Å². The van der Waals surface area contributed by atoms with Crippen LogP contribution in [0.4, 0.5) is 0 Å². The molecule has 0 fully saturated rings. The van der Waals surface area contributed by atoms with Crippen molar-refractivity contribution in [3.05, 3.63) is 31.7 Å². The molecular weight excluding hydrogens is 318 g/mol.